The summed E-state index contributed by atoms with van der Waals surface area (Å²) in [4.78, 5) is 25.3. The molecule has 3 rings (SSSR count). The van der Waals surface area contributed by atoms with Crippen LogP contribution in [-0.4, -0.2) is 36.2 Å². The van der Waals surface area contributed by atoms with Crippen LogP contribution in [0.4, 0.5) is 0 Å². The van der Waals surface area contributed by atoms with Crippen LogP contribution in [0.5, 0.6) is 0 Å². The standard InChI is InChI=1S/C23H29NO4S/c25-22(17-29-16-20-12-7-13-27-20)21(14-18-8-3-1-4-9-18)24-23(26)15-28-19-10-5-2-6-11-19/h1,3-4,7-9,12-13,19,21H,2,5-6,10-11,14-17H2,(H,24,26)/t21-/m0/s1. The molecule has 0 radical (unpaired) electrons. The smallest absolute Gasteiger partial charge is 0.246 e. The Labute approximate surface area is 176 Å². The van der Waals surface area contributed by atoms with Crippen molar-refractivity contribution >= 4 is 23.5 Å². The second-order valence-electron chi connectivity index (χ2n) is 7.42. The molecule has 29 heavy (non-hydrogen) atoms. The zero-order valence-corrected chi connectivity index (χ0v) is 17.5. The maximum Gasteiger partial charge on any atom is 0.246 e. The van der Waals surface area contributed by atoms with Gasteiger partial charge in [0.25, 0.3) is 0 Å². The third kappa shape index (κ3) is 7.71. The molecule has 1 fully saturated rings. The quantitative estimate of drug-likeness (QED) is 0.597. The summed E-state index contributed by atoms with van der Waals surface area (Å²) in [5.74, 6) is 1.59. The number of hydrogen-bond donors (Lipinski definition) is 1. The van der Waals surface area contributed by atoms with Crippen molar-refractivity contribution in [3.63, 3.8) is 0 Å². The van der Waals surface area contributed by atoms with Crippen molar-refractivity contribution < 1.29 is 18.7 Å². The van der Waals surface area contributed by atoms with E-state index >= 15 is 0 Å². The summed E-state index contributed by atoms with van der Waals surface area (Å²) in [7, 11) is 0. The zero-order chi connectivity index (χ0) is 20.3. The molecule has 0 unspecified atom stereocenters. The molecule has 0 aliphatic heterocycles. The first-order chi connectivity index (χ1) is 14.2. The monoisotopic (exact) mass is 415 g/mol. The van der Waals surface area contributed by atoms with Crippen LogP contribution in [0.3, 0.4) is 0 Å². The van der Waals surface area contributed by atoms with Gasteiger partial charge in [0.05, 0.1) is 29.9 Å². The average molecular weight is 416 g/mol. The molecule has 0 bridgehead atoms. The molecule has 1 aromatic carbocycles. The van der Waals surface area contributed by atoms with Crippen molar-refractivity contribution in [3.05, 3.63) is 60.1 Å². The molecule has 5 nitrogen and oxygen atoms in total. The second-order valence-corrected chi connectivity index (χ2v) is 8.40. The van der Waals surface area contributed by atoms with E-state index in [1.807, 2.05) is 42.5 Å². The number of ether oxygens (including phenoxy) is 1. The molecule has 1 amide bonds. The van der Waals surface area contributed by atoms with Crippen LogP contribution in [-0.2, 0) is 26.5 Å². The molecular weight excluding hydrogens is 386 g/mol. The SMILES string of the molecule is O=C(COC1CCCCC1)N[C@@H](Cc1ccccc1)C(=O)CSCc1ccco1. The lowest BCUT2D eigenvalue weighted by Gasteiger charge is -2.23. The van der Waals surface area contributed by atoms with Crippen LogP contribution >= 0.6 is 11.8 Å². The molecule has 1 atom stereocenters. The average Bonchev–Trinajstić information content (AvgIpc) is 3.27. The van der Waals surface area contributed by atoms with Crippen molar-refractivity contribution in [2.45, 2.75) is 56.4 Å². The van der Waals surface area contributed by atoms with E-state index in [9.17, 15) is 9.59 Å². The molecule has 0 spiro atoms. The van der Waals surface area contributed by atoms with Gasteiger partial charge in [-0.2, -0.15) is 0 Å². The number of benzene rings is 1. The molecule has 1 saturated carbocycles. The van der Waals surface area contributed by atoms with Crippen LogP contribution in [0.2, 0.25) is 0 Å². The van der Waals surface area contributed by atoms with E-state index in [2.05, 4.69) is 5.32 Å². The molecule has 6 heteroatoms. The summed E-state index contributed by atoms with van der Waals surface area (Å²) >= 11 is 1.50. The maximum atomic E-state index is 12.8. The van der Waals surface area contributed by atoms with E-state index in [0.717, 1.165) is 37.0 Å². The van der Waals surface area contributed by atoms with Gasteiger partial charge in [-0.3, -0.25) is 9.59 Å². The van der Waals surface area contributed by atoms with E-state index in [4.69, 9.17) is 9.15 Å². The van der Waals surface area contributed by atoms with Gasteiger partial charge in [-0.05, 0) is 37.0 Å². The summed E-state index contributed by atoms with van der Waals surface area (Å²) < 4.78 is 11.1. The summed E-state index contributed by atoms with van der Waals surface area (Å²) in [5.41, 5.74) is 1.02. The Morgan fingerprint density at radius 2 is 1.90 bits per heavy atom. The van der Waals surface area contributed by atoms with Crippen LogP contribution < -0.4 is 5.32 Å². The summed E-state index contributed by atoms with van der Waals surface area (Å²) in [5, 5.41) is 2.90. The summed E-state index contributed by atoms with van der Waals surface area (Å²) in [6.45, 7) is 0.0166. The maximum absolute atomic E-state index is 12.8. The Morgan fingerprint density at radius 3 is 2.62 bits per heavy atom. The van der Waals surface area contributed by atoms with Crippen molar-refractivity contribution in [2.24, 2.45) is 0 Å². The lowest BCUT2D eigenvalue weighted by Crippen LogP contribution is -2.45. The zero-order valence-electron chi connectivity index (χ0n) is 16.7. The van der Waals surface area contributed by atoms with E-state index in [1.54, 1.807) is 6.26 Å². The van der Waals surface area contributed by atoms with E-state index in [-0.39, 0.29) is 24.4 Å². The van der Waals surface area contributed by atoms with Crippen LogP contribution in [0.15, 0.2) is 53.1 Å². The number of carbonyl (C=O) groups excluding carboxylic acids is 2. The number of thioether (sulfide) groups is 1. The van der Waals surface area contributed by atoms with Gasteiger partial charge in [-0.25, -0.2) is 0 Å². The number of Topliss-reactive ketones (excluding diaryl/α,β-unsaturated/α-hetero) is 1. The number of amides is 1. The minimum Gasteiger partial charge on any atom is -0.468 e. The molecule has 2 aromatic rings. The fourth-order valence-corrected chi connectivity index (χ4v) is 4.37. The Bertz CT molecular complexity index is 742. The summed E-state index contributed by atoms with van der Waals surface area (Å²) in [6, 6.07) is 12.9. The molecule has 1 N–H and O–H groups in total. The molecule has 1 aliphatic rings. The lowest BCUT2D eigenvalue weighted by molar-refractivity contribution is -0.131. The number of nitrogens with one attached hydrogen (secondary N) is 1. The van der Waals surface area contributed by atoms with Crippen molar-refractivity contribution in [3.8, 4) is 0 Å². The predicted molar refractivity (Wildman–Crippen MR) is 115 cm³/mol. The first kappa shape index (κ1) is 21.7. The van der Waals surface area contributed by atoms with Gasteiger partial charge in [0.2, 0.25) is 5.91 Å². The minimum absolute atomic E-state index is 0.0106. The fourth-order valence-electron chi connectivity index (χ4n) is 3.50. The number of carbonyl (C=O) groups is 2. The molecule has 0 saturated heterocycles. The van der Waals surface area contributed by atoms with E-state index in [1.165, 1.54) is 18.2 Å². The highest BCUT2D eigenvalue weighted by Gasteiger charge is 2.22. The van der Waals surface area contributed by atoms with Gasteiger partial charge in [0.15, 0.2) is 5.78 Å². The number of rotatable bonds is 11. The number of ketones is 1. The number of furan rings is 1. The Kier molecular flexibility index (Phi) is 8.83. The first-order valence-electron chi connectivity index (χ1n) is 10.3. The topological polar surface area (TPSA) is 68.5 Å². The van der Waals surface area contributed by atoms with Gasteiger partial charge in [-0.1, -0.05) is 49.6 Å². The molecule has 156 valence electrons. The first-order valence-corrected chi connectivity index (χ1v) is 11.4. The Hall–Kier alpha value is -2.05. The highest BCUT2D eigenvalue weighted by atomic mass is 32.2. The third-order valence-corrected chi connectivity index (χ3v) is 6.05. The van der Waals surface area contributed by atoms with Gasteiger partial charge in [-0.15, -0.1) is 11.8 Å². The lowest BCUT2D eigenvalue weighted by atomic mass is 9.98. The molecule has 1 aromatic heterocycles. The van der Waals surface area contributed by atoms with Gasteiger partial charge >= 0.3 is 0 Å². The normalized spacial score (nSPS) is 15.7. The van der Waals surface area contributed by atoms with Gasteiger partial charge < -0.3 is 14.5 Å². The van der Waals surface area contributed by atoms with Crippen molar-refractivity contribution in [1.29, 1.82) is 0 Å². The van der Waals surface area contributed by atoms with E-state index in [0.29, 0.717) is 17.9 Å². The van der Waals surface area contributed by atoms with Crippen molar-refractivity contribution in [2.75, 3.05) is 12.4 Å². The highest BCUT2D eigenvalue weighted by Crippen LogP contribution is 2.20. The van der Waals surface area contributed by atoms with E-state index < -0.39 is 6.04 Å². The van der Waals surface area contributed by atoms with Gasteiger partial charge in [0, 0.05) is 0 Å². The Balaban J connectivity index is 1.51. The minimum atomic E-state index is -0.552. The molecular formula is C23H29NO4S. The fraction of sp³-hybridized carbons (Fsp3) is 0.478. The van der Waals surface area contributed by atoms with Crippen molar-refractivity contribution in [1.82, 2.24) is 5.32 Å². The van der Waals surface area contributed by atoms with Crippen LogP contribution in [0.25, 0.3) is 0 Å². The number of hydrogen-bond acceptors (Lipinski definition) is 5. The third-order valence-electron chi connectivity index (χ3n) is 5.08. The summed E-state index contributed by atoms with van der Waals surface area (Å²) in [6.07, 6.45) is 7.88. The predicted octanol–water partition coefficient (Wildman–Crippen LogP) is 4.16. The second kappa shape index (κ2) is 11.8. The van der Waals surface area contributed by atoms with Gasteiger partial charge in [0.1, 0.15) is 12.4 Å². The largest absolute Gasteiger partial charge is 0.468 e. The van der Waals surface area contributed by atoms with Crippen LogP contribution in [0, 0.1) is 0 Å². The molecule has 1 heterocycles. The highest BCUT2D eigenvalue weighted by molar-refractivity contribution is 7.99. The Morgan fingerprint density at radius 1 is 1.10 bits per heavy atom. The molecule has 1 aliphatic carbocycles. The van der Waals surface area contributed by atoms with Crippen LogP contribution in [0.1, 0.15) is 43.4 Å².